The molecule has 5 N–H and O–H groups in total. The molecule has 0 atom stereocenters. The number of aromatic amines is 1. The first-order valence-corrected chi connectivity index (χ1v) is 4.25. The molecule has 2 aromatic rings. The van der Waals surface area contributed by atoms with Crippen molar-refractivity contribution < 1.29 is 9.53 Å². The lowest BCUT2D eigenvalue weighted by Crippen LogP contribution is -2.05. The van der Waals surface area contributed by atoms with Crippen LogP contribution in [0.25, 0.3) is 11.0 Å². The highest BCUT2D eigenvalue weighted by Crippen LogP contribution is 2.21. The minimum atomic E-state index is -0.484. The molecule has 2 rings (SSSR count). The lowest BCUT2D eigenvalue weighted by Gasteiger charge is -2.02. The maximum Gasteiger partial charge on any atom is 0.340 e. The van der Waals surface area contributed by atoms with E-state index in [9.17, 15) is 4.79 Å². The number of H-pyrrole nitrogens is 1. The largest absolute Gasteiger partial charge is 0.465 e. The number of nitrogens with one attached hydrogen (secondary N) is 1. The van der Waals surface area contributed by atoms with Gasteiger partial charge >= 0.3 is 5.97 Å². The van der Waals surface area contributed by atoms with Crippen LogP contribution in [0.4, 0.5) is 11.6 Å². The van der Waals surface area contributed by atoms with Gasteiger partial charge in [-0.15, -0.1) is 0 Å². The zero-order chi connectivity index (χ0) is 11.0. The third kappa shape index (κ3) is 1.45. The minimum absolute atomic E-state index is 0.284. The molecule has 0 unspecified atom stereocenters. The molecular weight excluding hydrogens is 196 g/mol. The molecule has 0 saturated heterocycles. The summed E-state index contributed by atoms with van der Waals surface area (Å²) in [6.45, 7) is 0. The molecule has 15 heavy (non-hydrogen) atoms. The Hall–Kier alpha value is -2.24. The second-order valence-electron chi connectivity index (χ2n) is 3.07. The molecule has 0 bridgehead atoms. The van der Waals surface area contributed by atoms with E-state index in [4.69, 9.17) is 11.5 Å². The van der Waals surface area contributed by atoms with Crippen molar-refractivity contribution in [3.05, 3.63) is 17.7 Å². The number of anilines is 2. The lowest BCUT2D eigenvalue weighted by atomic mass is 10.1. The van der Waals surface area contributed by atoms with Gasteiger partial charge in [-0.25, -0.2) is 9.78 Å². The van der Waals surface area contributed by atoms with Gasteiger partial charge in [-0.3, -0.25) is 0 Å². The van der Waals surface area contributed by atoms with Crippen LogP contribution in [-0.2, 0) is 4.74 Å². The first kappa shape index (κ1) is 9.32. The molecule has 6 nitrogen and oxygen atoms in total. The van der Waals surface area contributed by atoms with Gasteiger partial charge in [0.2, 0.25) is 0 Å². The first-order valence-electron chi connectivity index (χ1n) is 4.25. The predicted octanol–water partition coefficient (Wildman–Crippen LogP) is 0.514. The summed E-state index contributed by atoms with van der Waals surface area (Å²) in [6.07, 6.45) is 0. The van der Waals surface area contributed by atoms with Crippen LogP contribution in [0.2, 0.25) is 0 Å². The molecule has 0 saturated carbocycles. The number of benzene rings is 1. The van der Waals surface area contributed by atoms with Crippen LogP contribution < -0.4 is 11.5 Å². The number of rotatable bonds is 1. The number of hydrogen-bond donors (Lipinski definition) is 3. The number of carbonyl (C=O) groups excluding carboxylic acids is 1. The number of carbonyl (C=O) groups is 1. The van der Waals surface area contributed by atoms with E-state index in [2.05, 4.69) is 14.7 Å². The second-order valence-corrected chi connectivity index (χ2v) is 3.07. The number of ether oxygens (including phenoxy) is 1. The van der Waals surface area contributed by atoms with Crippen molar-refractivity contribution in [3.63, 3.8) is 0 Å². The summed E-state index contributed by atoms with van der Waals surface area (Å²) in [5, 5.41) is 0. The Morgan fingerprint density at radius 1 is 1.47 bits per heavy atom. The fourth-order valence-corrected chi connectivity index (χ4v) is 1.38. The number of esters is 1. The Balaban J connectivity index is 2.66. The third-order valence-corrected chi connectivity index (χ3v) is 2.08. The average Bonchev–Trinajstić information content (AvgIpc) is 2.55. The van der Waals surface area contributed by atoms with Gasteiger partial charge in [0.1, 0.15) is 0 Å². The van der Waals surface area contributed by atoms with Crippen molar-refractivity contribution in [2.24, 2.45) is 0 Å². The van der Waals surface area contributed by atoms with Crippen LogP contribution in [0.3, 0.4) is 0 Å². The van der Waals surface area contributed by atoms with E-state index in [1.807, 2.05) is 0 Å². The van der Waals surface area contributed by atoms with E-state index >= 15 is 0 Å². The molecule has 1 aromatic heterocycles. The molecule has 0 radical (unpaired) electrons. The highest BCUT2D eigenvalue weighted by Gasteiger charge is 2.12. The van der Waals surface area contributed by atoms with Crippen molar-refractivity contribution in [3.8, 4) is 0 Å². The molecule has 0 amide bonds. The number of aromatic nitrogens is 2. The molecule has 6 heteroatoms. The van der Waals surface area contributed by atoms with E-state index in [1.165, 1.54) is 7.11 Å². The molecule has 0 aliphatic heterocycles. The number of imidazole rings is 1. The molecule has 78 valence electrons. The fourth-order valence-electron chi connectivity index (χ4n) is 1.38. The van der Waals surface area contributed by atoms with E-state index in [-0.39, 0.29) is 5.95 Å². The number of nitrogens with zero attached hydrogens (tertiary/aromatic N) is 1. The van der Waals surface area contributed by atoms with Crippen LogP contribution in [0.5, 0.6) is 0 Å². The molecular formula is C9H10N4O2. The van der Waals surface area contributed by atoms with Crippen molar-refractivity contribution in [1.29, 1.82) is 0 Å². The zero-order valence-electron chi connectivity index (χ0n) is 8.07. The lowest BCUT2D eigenvalue weighted by molar-refractivity contribution is 0.0602. The summed E-state index contributed by atoms with van der Waals surface area (Å²) in [7, 11) is 1.30. The zero-order valence-corrected chi connectivity index (χ0v) is 8.07. The molecule has 1 heterocycles. The van der Waals surface area contributed by atoms with Crippen molar-refractivity contribution in [2.75, 3.05) is 18.6 Å². The van der Waals surface area contributed by atoms with Gasteiger partial charge in [0.15, 0.2) is 5.95 Å². The van der Waals surface area contributed by atoms with Crippen LogP contribution >= 0.6 is 0 Å². The smallest absolute Gasteiger partial charge is 0.340 e. The van der Waals surface area contributed by atoms with Crippen molar-refractivity contribution >= 4 is 28.6 Å². The first-order chi connectivity index (χ1) is 7.11. The van der Waals surface area contributed by atoms with Crippen LogP contribution in [0.15, 0.2) is 12.1 Å². The number of fused-ring (bicyclic) bond motifs is 1. The molecule has 0 spiro atoms. The fraction of sp³-hybridized carbons (Fsp3) is 0.111. The van der Waals surface area contributed by atoms with Gasteiger partial charge in [0.25, 0.3) is 0 Å². The summed E-state index contributed by atoms with van der Waals surface area (Å²) >= 11 is 0. The minimum Gasteiger partial charge on any atom is -0.465 e. The molecule has 0 aliphatic carbocycles. The predicted molar refractivity (Wildman–Crippen MR) is 56.3 cm³/mol. The quantitative estimate of drug-likeness (QED) is 0.465. The Morgan fingerprint density at radius 3 is 2.87 bits per heavy atom. The van der Waals surface area contributed by atoms with Gasteiger partial charge in [-0.2, -0.15) is 0 Å². The highest BCUT2D eigenvalue weighted by atomic mass is 16.5. The molecule has 1 aromatic carbocycles. The Morgan fingerprint density at radius 2 is 2.20 bits per heavy atom. The van der Waals surface area contributed by atoms with E-state index in [0.29, 0.717) is 22.3 Å². The number of nitrogens with two attached hydrogens (primary N) is 2. The number of nitrogen functional groups attached to an aromatic ring is 2. The summed E-state index contributed by atoms with van der Waals surface area (Å²) in [4.78, 5) is 18.1. The second kappa shape index (κ2) is 3.16. The van der Waals surface area contributed by atoms with Gasteiger partial charge in [0.05, 0.1) is 23.7 Å². The van der Waals surface area contributed by atoms with Crippen LogP contribution in [-0.4, -0.2) is 23.0 Å². The van der Waals surface area contributed by atoms with Gasteiger partial charge in [0, 0.05) is 5.69 Å². The number of methoxy groups -OCH3 is 1. The summed E-state index contributed by atoms with van der Waals surface area (Å²) in [5.74, 6) is -0.200. The maximum atomic E-state index is 11.3. The van der Waals surface area contributed by atoms with Gasteiger partial charge in [-0.1, -0.05) is 0 Å². The third-order valence-electron chi connectivity index (χ3n) is 2.08. The normalized spacial score (nSPS) is 10.5. The highest BCUT2D eigenvalue weighted by molar-refractivity contribution is 5.99. The Labute approximate surface area is 85.2 Å². The summed E-state index contributed by atoms with van der Waals surface area (Å²) in [6, 6.07) is 3.15. The summed E-state index contributed by atoms with van der Waals surface area (Å²) < 4.78 is 4.59. The van der Waals surface area contributed by atoms with E-state index in [0.717, 1.165) is 0 Å². The molecule has 0 aliphatic rings. The Bertz CT molecular complexity index is 532. The van der Waals surface area contributed by atoms with E-state index < -0.39 is 5.97 Å². The van der Waals surface area contributed by atoms with Crippen molar-refractivity contribution in [2.45, 2.75) is 0 Å². The van der Waals surface area contributed by atoms with Crippen molar-refractivity contribution in [1.82, 2.24) is 9.97 Å². The van der Waals surface area contributed by atoms with Crippen LogP contribution in [0.1, 0.15) is 10.4 Å². The SMILES string of the molecule is COC(=O)c1cc2[nH]c(N)nc2cc1N. The topological polar surface area (TPSA) is 107 Å². The van der Waals surface area contributed by atoms with E-state index in [1.54, 1.807) is 12.1 Å². The van der Waals surface area contributed by atoms with Gasteiger partial charge < -0.3 is 21.2 Å². The van der Waals surface area contributed by atoms with Gasteiger partial charge in [-0.05, 0) is 12.1 Å². The molecule has 0 fully saturated rings. The van der Waals surface area contributed by atoms with Crippen LogP contribution in [0, 0.1) is 0 Å². The average molecular weight is 206 g/mol. The Kier molecular flexibility index (Phi) is 1.96. The summed E-state index contributed by atoms with van der Waals surface area (Å²) in [5.41, 5.74) is 13.0. The standard InChI is InChI=1S/C9H10N4O2/c1-15-8(14)4-2-6-7(3-5(4)10)13-9(11)12-6/h2-3H,10H2,1H3,(H3,11,12,13). The maximum absolute atomic E-state index is 11.3. The monoisotopic (exact) mass is 206 g/mol. The number of hydrogen-bond acceptors (Lipinski definition) is 5.